The molecule has 2 N–H and O–H groups in total. The maximum absolute atomic E-state index is 11.3. The number of hydrogen-bond donors (Lipinski definition) is 2. The summed E-state index contributed by atoms with van der Waals surface area (Å²) in [5, 5.41) is 4.06. The van der Waals surface area contributed by atoms with Gasteiger partial charge in [0.2, 0.25) is 5.91 Å². The molecule has 1 aromatic carbocycles. The molecule has 0 saturated carbocycles. The summed E-state index contributed by atoms with van der Waals surface area (Å²) in [4.78, 5) is 14.4. The summed E-state index contributed by atoms with van der Waals surface area (Å²) in [5.74, 6) is 0.0908. The lowest BCUT2D eigenvalue weighted by atomic mass is 10.1. The summed E-state index contributed by atoms with van der Waals surface area (Å²) in [6.07, 6.45) is 2.48. The molecule has 0 unspecified atom stereocenters. The Morgan fingerprint density at radius 3 is 3.07 bits per heavy atom. The second-order valence-electron chi connectivity index (χ2n) is 3.72. The molecule has 0 atom stereocenters. The SMILES string of the molecule is Cc1c[nH]c2ccc3c(c12)NC(=O)C3. The van der Waals surface area contributed by atoms with Crippen LogP contribution in [0.5, 0.6) is 0 Å². The Kier molecular flexibility index (Phi) is 1.29. The third kappa shape index (κ3) is 0.839. The van der Waals surface area contributed by atoms with E-state index < -0.39 is 0 Å². The van der Waals surface area contributed by atoms with Crippen molar-refractivity contribution >= 4 is 22.5 Å². The highest BCUT2D eigenvalue weighted by Gasteiger charge is 2.20. The predicted octanol–water partition coefficient (Wildman–Crippen LogP) is 1.97. The molecular formula is C11H10N2O. The van der Waals surface area contributed by atoms with Gasteiger partial charge in [0.1, 0.15) is 0 Å². The molecule has 70 valence electrons. The maximum Gasteiger partial charge on any atom is 0.228 e. The fourth-order valence-electron chi connectivity index (χ4n) is 2.08. The summed E-state index contributed by atoms with van der Waals surface area (Å²) >= 11 is 0. The molecule has 14 heavy (non-hydrogen) atoms. The van der Waals surface area contributed by atoms with Crippen LogP contribution in [0.3, 0.4) is 0 Å². The second kappa shape index (κ2) is 2.38. The number of aromatic nitrogens is 1. The molecular weight excluding hydrogens is 176 g/mol. The minimum absolute atomic E-state index is 0.0908. The van der Waals surface area contributed by atoms with E-state index in [1.54, 1.807) is 0 Å². The summed E-state index contributed by atoms with van der Waals surface area (Å²) in [5.41, 5.74) is 4.36. The van der Waals surface area contributed by atoms with Gasteiger partial charge in [-0.2, -0.15) is 0 Å². The molecule has 1 aliphatic heterocycles. The highest BCUT2D eigenvalue weighted by Crippen LogP contribution is 2.33. The van der Waals surface area contributed by atoms with E-state index in [-0.39, 0.29) is 5.91 Å². The quantitative estimate of drug-likeness (QED) is 0.649. The van der Waals surface area contributed by atoms with Crippen LogP contribution in [-0.4, -0.2) is 10.9 Å². The van der Waals surface area contributed by atoms with Crippen molar-refractivity contribution in [2.75, 3.05) is 5.32 Å². The molecule has 1 aliphatic rings. The largest absolute Gasteiger partial charge is 0.361 e. The van der Waals surface area contributed by atoms with Crippen molar-refractivity contribution in [2.45, 2.75) is 13.3 Å². The molecule has 2 aromatic rings. The van der Waals surface area contributed by atoms with Crippen LogP contribution in [0.15, 0.2) is 18.3 Å². The lowest BCUT2D eigenvalue weighted by Gasteiger charge is -2.01. The molecule has 0 aliphatic carbocycles. The van der Waals surface area contributed by atoms with Gasteiger partial charge in [-0.1, -0.05) is 6.07 Å². The molecule has 0 bridgehead atoms. The lowest BCUT2D eigenvalue weighted by Crippen LogP contribution is -2.03. The number of amides is 1. The topological polar surface area (TPSA) is 44.9 Å². The fourth-order valence-corrected chi connectivity index (χ4v) is 2.08. The molecule has 3 rings (SSSR count). The summed E-state index contributed by atoms with van der Waals surface area (Å²) in [7, 11) is 0. The van der Waals surface area contributed by atoms with Crippen molar-refractivity contribution < 1.29 is 4.79 Å². The Morgan fingerprint density at radius 2 is 2.21 bits per heavy atom. The highest BCUT2D eigenvalue weighted by atomic mass is 16.1. The van der Waals surface area contributed by atoms with Gasteiger partial charge < -0.3 is 10.3 Å². The summed E-state index contributed by atoms with van der Waals surface area (Å²) in [6, 6.07) is 4.03. The number of aryl methyl sites for hydroxylation is 1. The van der Waals surface area contributed by atoms with Crippen LogP contribution < -0.4 is 5.32 Å². The minimum Gasteiger partial charge on any atom is -0.361 e. The number of nitrogens with one attached hydrogen (secondary N) is 2. The standard InChI is InChI=1S/C11H10N2O/c1-6-5-12-8-3-2-7-4-9(14)13-11(7)10(6)8/h2-3,5,12H,4H2,1H3,(H,13,14). The number of fused-ring (bicyclic) bond motifs is 3. The van der Waals surface area contributed by atoms with Gasteiger partial charge >= 0.3 is 0 Å². The number of benzene rings is 1. The predicted molar refractivity (Wildman–Crippen MR) is 55.4 cm³/mol. The van der Waals surface area contributed by atoms with Gasteiger partial charge in [0.15, 0.2) is 0 Å². The number of carbonyl (C=O) groups is 1. The van der Waals surface area contributed by atoms with E-state index in [2.05, 4.69) is 10.3 Å². The zero-order valence-electron chi connectivity index (χ0n) is 7.85. The summed E-state index contributed by atoms with van der Waals surface area (Å²) < 4.78 is 0. The zero-order valence-corrected chi connectivity index (χ0v) is 7.85. The Bertz CT molecular complexity index is 539. The van der Waals surface area contributed by atoms with E-state index in [0.717, 1.165) is 22.2 Å². The first-order chi connectivity index (χ1) is 6.75. The van der Waals surface area contributed by atoms with Gasteiger partial charge in [-0.15, -0.1) is 0 Å². The number of rotatable bonds is 0. The average Bonchev–Trinajstić information content (AvgIpc) is 2.68. The maximum atomic E-state index is 11.3. The lowest BCUT2D eigenvalue weighted by molar-refractivity contribution is -0.115. The van der Waals surface area contributed by atoms with Crippen molar-refractivity contribution in [1.29, 1.82) is 0 Å². The van der Waals surface area contributed by atoms with Crippen LogP contribution in [-0.2, 0) is 11.2 Å². The van der Waals surface area contributed by atoms with E-state index in [1.807, 2.05) is 25.3 Å². The Hall–Kier alpha value is -1.77. The molecule has 2 heterocycles. The normalized spacial score (nSPS) is 14.5. The number of anilines is 1. The zero-order chi connectivity index (χ0) is 9.71. The van der Waals surface area contributed by atoms with Crippen LogP contribution >= 0.6 is 0 Å². The summed E-state index contributed by atoms with van der Waals surface area (Å²) in [6.45, 7) is 2.05. The van der Waals surface area contributed by atoms with Gasteiger partial charge in [-0.3, -0.25) is 4.79 Å². The molecule has 0 saturated heterocycles. The first-order valence-corrected chi connectivity index (χ1v) is 4.65. The smallest absolute Gasteiger partial charge is 0.228 e. The van der Waals surface area contributed by atoms with E-state index in [4.69, 9.17) is 0 Å². The average molecular weight is 186 g/mol. The van der Waals surface area contributed by atoms with Crippen molar-refractivity contribution in [3.8, 4) is 0 Å². The Balaban J connectivity index is 2.42. The van der Waals surface area contributed by atoms with Crippen molar-refractivity contribution in [1.82, 2.24) is 4.98 Å². The molecule has 3 heteroatoms. The van der Waals surface area contributed by atoms with E-state index in [1.165, 1.54) is 5.56 Å². The van der Waals surface area contributed by atoms with Crippen molar-refractivity contribution in [3.63, 3.8) is 0 Å². The van der Waals surface area contributed by atoms with Gasteiger partial charge in [-0.25, -0.2) is 0 Å². The Labute approximate surface area is 81.1 Å². The molecule has 0 spiro atoms. The van der Waals surface area contributed by atoms with Crippen LogP contribution in [0.2, 0.25) is 0 Å². The monoisotopic (exact) mass is 186 g/mol. The van der Waals surface area contributed by atoms with E-state index in [9.17, 15) is 4.79 Å². The van der Waals surface area contributed by atoms with Gasteiger partial charge in [0, 0.05) is 17.1 Å². The molecule has 3 nitrogen and oxygen atoms in total. The van der Waals surface area contributed by atoms with Crippen molar-refractivity contribution in [3.05, 3.63) is 29.5 Å². The number of H-pyrrole nitrogens is 1. The fraction of sp³-hybridized carbons (Fsp3) is 0.182. The molecule has 1 aromatic heterocycles. The van der Waals surface area contributed by atoms with Crippen LogP contribution in [0.1, 0.15) is 11.1 Å². The Morgan fingerprint density at radius 1 is 1.36 bits per heavy atom. The number of carbonyl (C=O) groups excluding carboxylic acids is 1. The van der Waals surface area contributed by atoms with E-state index in [0.29, 0.717) is 6.42 Å². The number of aromatic amines is 1. The van der Waals surface area contributed by atoms with Crippen molar-refractivity contribution in [2.24, 2.45) is 0 Å². The van der Waals surface area contributed by atoms with Crippen LogP contribution in [0.4, 0.5) is 5.69 Å². The first kappa shape index (κ1) is 7.62. The third-order valence-corrected chi connectivity index (χ3v) is 2.75. The van der Waals surface area contributed by atoms with Crippen LogP contribution in [0, 0.1) is 6.92 Å². The molecule has 0 radical (unpaired) electrons. The van der Waals surface area contributed by atoms with E-state index >= 15 is 0 Å². The second-order valence-corrected chi connectivity index (χ2v) is 3.72. The molecule has 1 amide bonds. The number of hydrogen-bond acceptors (Lipinski definition) is 1. The van der Waals surface area contributed by atoms with Crippen LogP contribution in [0.25, 0.3) is 10.9 Å². The third-order valence-electron chi connectivity index (χ3n) is 2.75. The minimum atomic E-state index is 0.0908. The van der Waals surface area contributed by atoms with Gasteiger partial charge in [0.25, 0.3) is 0 Å². The molecule has 0 fully saturated rings. The van der Waals surface area contributed by atoms with Gasteiger partial charge in [0.05, 0.1) is 12.1 Å². The first-order valence-electron chi connectivity index (χ1n) is 4.65. The highest BCUT2D eigenvalue weighted by molar-refractivity contribution is 6.09. The van der Waals surface area contributed by atoms with Gasteiger partial charge in [-0.05, 0) is 24.1 Å².